The van der Waals surface area contributed by atoms with Crippen LogP contribution in [0, 0.1) is 12.7 Å². The molecule has 1 amide bonds. The van der Waals surface area contributed by atoms with Crippen LogP contribution in [0.5, 0.6) is 5.75 Å². The van der Waals surface area contributed by atoms with Crippen LogP contribution in [-0.4, -0.2) is 18.7 Å². The molecular formula is C17H16FNO4. The molecule has 0 aromatic heterocycles. The summed E-state index contributed by atoms with van der Waals surface area (Å²) in [4.78, 5) is 23.3. The van der Waals surface area contributed by atoms with Crippen LogP contribution in [0.25, 0.3) is 0 Å². The highest BCUT2D eigenvalue weighted by atomic mass is 19.1. The van der Waals surface area contributed by atoms with E-state index in [-0.39, 0.29) is 17.9 Å². The summed E-state index contributed by atoms with van der Waals surface area (Å²) in [6.45, 7) is 3.72. The van der Waals surface area contributed by atoms with Gasteiger partial charge in [0.25, 0.3) is 0 Å². The number of ether oxygens (including phenoxy) is 2. The van der Waals surface area contributed by atoms with Gasteiger partial charge < -0.3 is 9.47 Å². The Labute approximate surface area is 133 Å². The van der Waals surface area contributed by atoms with Crippen LogP contribution in [0.15, 0.2) is 42.5 Å². The van der Waals surface area contributed by atoms with Gasteiger partial charge in [-0.15, -0.1) is 0 Å². The lowest BCUT2D eigenvalue weighted by Crippen LogP contribution is -2.13. The fourth-order valence-electron chi connectivity index (χ4n) is 1.85. The minimum absolute atomic E-state index is 0.126. The number of nitrogens with one attached hydrogen (secondary N) is 1. The Hall–Kier alpha value is -2.89. The summed E-state index contributed by atoms with van der Waals surface area (Å²) in [7, 11) is 0. The molecule has 0 aliphatic rings. The number of carbonyl (C=O) groups excluding carboxylic acids is 2. The van der Waals surface area contributed by atoms with Gasteiger partial charge in [-0.2, -0.15) is 0 Å². The maximum absolute atomic E-state index is 13.6. The molecule has 0 fully saturated rings. The molecule has 120 valence electrons. The molecule has 0 spiro atoms. The minimum Gasteiger partial charge on any atom is -0.450 e. The minimum atomic E-state index is -0.780. The summed E-state index contributed by atoms with van der Waals surface area (Å²) in [6.07, 6.45) is -0.570. The molecule has 0 aliphatic carbocycles. The Balaban J connectivity index is 2.04. The second kappa shape index (κ2) is 7.40. The average molecular weight is 317 g/mol. The Bertz CT molecular complexity index is 713. The van der Waals surface area contributed by atoms with Crippen molar-refractivity contribution in [2.45, 2.75) is 13.8 Å². The van der Waals surface area contributed by atoms with E-state index in [0.717, 1.165) is 5.56 Å². The van der Waals surface area contributed by atoms with Crippen LogP contribution in [-0.2, 0) is 4.74 Å². The molecule has 23 heavy (non-hydrogen) atoms. The quantitative estimate of drug-likeness (QED) is 0.685. The Morgan fingerprint density at radius 3 is 2.48 bits per heavy atom. The number of carbonyl (C=O) groups is 2. The third-order valence-corrected chi connectivity index (χ3v) is 2.93. The fourth-order valence-corrected chi connectivity index (χ4v) is 1.85. The van der Waals surface area contributed by atoms with E-state index in [4.69, 9.17) is 9.47 Å². The number of hydrogen-bond donors (Lipinski definition) is 1. The zero-order valence-corrected chi connectivity index (χ0v) is 12.8. The Kier molecular flexibility index (Phi) is 5.30. The molecule has 0 saturated heterocycles. The van der Waals surface area contributed by atoms with Gasteiger partial charge in [-0.1, -0.05) is 11.6 Å². The predicted molar refractivity (Wildman–Crippen MR) is 83.2 cm³/mol. The van der Waals surface area contributed by atoms with Crippen molar-refractivity contribution in [1.82, 2.24) is 0 Å². The van der Waals surface area contributed by atoms with Gasteiger partial charge in [0, 0.05) is 5.69 Å². The highest BCUT2D eigenvalue weighted by molar-refractivity contribution is 5.91. The van der Waals surface area contributed by atoms with E-state index in [2.05, 4.69) is 5.32 Å². The number of aryl methyl sites for hydroxylation is 1. The molecule has 0 bridgehead atoms. The van der Waals surface area contributed by atoms with Crippen molar-refractivity contribution in [3.8, 4) is 5.75 Å². The number of anilines is 1. The van der Waals surface area contributed by atoms with Gasteiger partial charge in [-0.25, -0.2) is 14.0 Å². The number of amides is 1. The lowest BCUT2D eigenvalue weighted by atomic mass is 10.1. The van der Waals surface area contributed by atoms with Gasteiger partial charge in [-0.05, 0) is 50.2 Å². The average Bonchev–Trinajstić information content (AvgIpc) is 2.52. The van der Waals surface area contributed by atoms with E-state index in [1.54, 1.807) is 32.0 Å². The number of halogens is 1. The monoisotopic (exact) mass is 317 g/mol. The molecule has 0 unspecified atom stereocenters. The molecule has 0 atom stereocenters. The fraction of sp³-hybridized carbons (Fsp3) is 0.176. The number of rotatable bonds is 4. The van der Waals surface area contributed by atoms with Gasteiger partial charge >= 0.3 is 12.1 Å². The first-order valence-corrected chi connectivity index (χ1v) is 7.01. The van der Waals surface area contributed by atoms with E-state index in [0.29, 0.717) is 5.69 Å². The van der Waals surface area contributed by atoms with E-state index in [9.17, 15) is 14.0 Å². The third kappa shape index (κ3) is 4.54. The highest BCUT2D eigenvalue weighted by Crippen LogP contribution is 2.18. The maximum Gasteiger partial charge on any atom is 0.411 e. The molecule has 0 heterocycles. The van der Waals surface area contributed by atoms with Gasteiger partial charge in [0.05, 0.1) is 12.2 Å². The molecule has 5 nitrogen and oxygen atoms in total. The van der Waals surface area contributed by atoms with Crippen LogP contribution in [0.4, 0.5) is 14.9 Å². The zero-order valence-electron chi connectivity index (χ0n) is 12.8. The second-order valence-corrected chi connectivity index (χ2v) is 4.74. The molecular weight excluding hydrogens is 301 g/mol. The van der Waals surface area contributed by atoms with Crippen molar-refractivity contribution in [3.63, 3.8) is 0 Å². The lowest BCUT2D eigenvalue weighted by Gasteiger charge is -2.08. The van der Waals surface area contributed by atoms with Crippen molar-refractivity contribution in [3.05, 3.63) is 59.4 Å². The highest BCUT2D eigenvalue weighted by Gasteiger charge is 2.14. The van der Waals surface area contributed by atoms with Gasteiger partial charge in [-0.3, -0.25) is 5.32 Å². The van der Waals surface area contributed by atoms with Crippen molar-refractivity contribution < 1.29 is 23.5 Å². The van der Waals surface area contributed by atoms with Crippen molar-refractivity contribution in [1.29, 1.82) is 0 Å². The number of hydrogen-bond acceptors (Lipinski definition) is 4. The van der Waals surface area contributed by atoms with E-state index >= 15 is 0 Å². The molecule has 0 radical (unpaired) electrons. The third-order valence-electron chi connectivity index (χ3n) is 2.93. The number of benzene rings is 2. The normalized spacial score (nSPS) is 10.0. The van der Waals surface area contributed by atoms with E-state index in [1.165, 1.54) is 24.3 Å². The Morgan fingerprint density at radius 1 is 1.13 bits per heavy atom. The molecule has 0 aliphatic heterocycles. The van der Waals surface area contributed by atoms with E-state index in [1.807, 2.05) is 0 Å². The van der Waals surface area contributed by atoms with Crippen LogP contribution in [0.2, 0.25) is 0 Å². The van der Waals surface area contributed by atoms with Crippen molar-refractivity contribution in [2.75, 3.05) is 11.9 Å². The molecule has 6 heteroatoms. The summed E-state index contributed by atoms with van der Waals surface area (Å²) < 4.78 is 23.5. The summed E-state index contributed by atoms with van der Waals surface area (Å²) in [5, 5.41) is 2.51. The van der Waals surface area contributed by atoms with Crippen molar-refractivity contribution >= 4 is 17.7 Å². The first-order valence-electron chi connectivity index (χ1n) is 7.01. The van der Waals surface area contributed by atoms with Crippen LogP contribution in [0.1, 0.15) is 22.8 Å². The zero-order chi connectivity index (χ0) is 16.8. The largest absolute Gasteiger partial charge is 0.450 e. The summed E-state index contributed by atoms with van der Waals surface area (Å²) in [6, 6.07) is 10.3. The summed E-state index contributed by atoms with van der Waals surface area (Å²) >= 11 is 0. The summed E-state index contributed by atoms with van der Waals surface area (Å²) in [5.74, 6) is -1.18. The van der Waals surface area contributed by atoms with E-state index < -0.39 is 17.9 Å². The standard InChI is InChI=1S/C17H16FNO4/c1-3-22-17(21)19-12-5-7-13(8-6-12)23-16(20)14-10-11(2)4-9-15(14)18/h4-10H,3H2,1-2H3,(H,19,21). The first-order chi connectivity index (χ1) is 11.0. The number of esters is 1. The molecule has 1 N–H and O–H groups in total. The van der Waals surface area contributed by atoms with Crippen LogP contribution in [0.3, 0.4) is 0 Å². The predicted octanol–water partition coefficient (Wildman–Crippen LogP) is 3.92. The van der Waals surface area contributed by atoms with Crippen LogP contribution >= 0.6 is 0 Å². The van der Waals surface area contributed by atoms with Crippen LogP contribution < -0.4 is 10.1 Å². The SMILES string of the molecule is CCOC(=O)Nc1ccc(OC(=O)c2cc(C)ccc2F)cc1. The second-order valence-electron chi connectivity index (χ2n) is 4.74. The molecule has 2 rings (SSSR count). The molecule has 0 saturated carbocycles. The van der Waals surface area contributed by atoms with Gasteiger partial charge in [0.15, 0.2) is 0 Å². The topological polar surface area (TPSA) is 64.6 Å². The van der Waals surface area contributed by atoms with Gasteiger partial charge in [0.1, 0.15) is 11.6 Å². The lowest BCUT2D eigenvalue weighted by molar-refractivity contribution is 0.0729. The first kappa shape index (κ1) is 16.5. The van der Waals surface area contributed by atoms with Gasteiger partial charge in [0.2, 0.25) is 0 Å². The Morgan fingerprint density at radius 2 is 1.83 bits per heavy atom. The van der Waals surface area contributed by atoms with Crippen molar-refractivity contribution in [2.24, 2.45) is 0 Å². The molecule has 2 aromatic carbocycles. The smallest absolute Gasteiger partial charge is 0.411 e. The maximum atomic E-state index is 13.6. The summed E-state index contributed by atoms with van der Waals surface area (Å²) in [5.41, 5.74) is 1.12. The molecule has 2 aromatic rings.